The van der Waals surface area contributed by atoms with Crippen molar-refractivity contribution in [2.24, 2.45) is 0 Å². The number of carbonyl (C=O) groups excluding carboxylic acids is 2. The second-order valence-electron chi connectivity index (χ2n) is 14.3. The van der Waals surface area contributed by atoms with Crippen LogP contribution in [0.5, 0.6) is 0 Å². The highest BCUT2D eigenvalue weighted by Crippen LogP contribution is 2.24. The van der Waals surface area contributed by atoms with Gasteiger partial charge in [0, 0.05) is 12.8 Å². The van der Waals surface area contributed by atoms with Crippen molar-refractivity contribution in [2.75, 3.05) is 19.0 Å². The van der Waals surface area contributed by atoms with Gasteiger partial charge in [-0.2, -0.15) is 8.42 Å². The van der Waals surface area contributed by atoms with Crippen molar-refractivity contribution in [3.8, 4) is 0 Å². The molecule has 0 saturated carbocycles. The summed E-state index contributed by atoms with van der Waals surface area (Å²) in [6.07, 6.45) is 17.4. The van der Waals surface area contributed by atoms with E-state index in [9.17, 15) is 37.9 Å². The molecule has 1 heterocycles. The molecule has 1 fully saturated rings. The number of aliphatic hydroxyl groups excluding tert-OH is 3. The molecule has 0 aromatic carbocycles. The first kappa shape index (κ1) is 47.7. The number of hydrogen-bond acceptors (Lipinski definition) is 11. The summed E-state index contributed by atoms with van der Waals surface area (Å²) in [5, 5.41) is 30.7. The SMILES string of the molecule is CCCCCCCCCCCCCCCCC(=O)OC(COC(=O)CCCCCCCCCCC)COC1OC(CS(=O)(=O)O)C(O)C(O)C1O. The van der Waals surface area contributed by atoms with Gasteiger partial charge >= 0.3 is 11.9 Å². The molecular weight excluding hydrogens is 680 g/mol. The van der Waals surface area contributed by atoms with Crippen LogP contribution in [-0.2, 0) is 38.7 Å². The van der Waals surface area contributed by atoms with Crippen LogP contribution in [0.4, 0.5) is 0 Å². The molecule has 1 saturated heterocycles. The third-order valence-electron chi connectivity index (χ3n) is 9.44. The first-order chi connectivity index (χ1) is 24.5. The molecule has 0 radical (unpaired) electrons. The van der Waals surface area contributed by atoms with Gasteiger partial charge in [-0.1, -0.05) is 149 Å². The zero-order chi connectivity index (χ0) is 37.7. The lowest BCUT2D eigenvalue weighted by atomic mass is 10.00. The first-order valence-electron chi connectivity index (χ1n) is 20.1. The van der Waals surface area contributed by atoms with Crippen LogP contribution in [0.1, 0.15) is 174 Å². The normalized spacial score (nSPS) is 21.4. The minimum absolute atomic E-state index is 0.171. The van der Waals surface area contributed by atoms with Crippen molar-refractivity contribution in [1.82, 2.24) is 0 Å². The van der Waals surface area contributed by atoms with E-state index in [-0.39, 0.29) is 19.4 Å². The molecule has 0 aliphatic carbocycles. The maximum atomic E-state index is 12.7. The fourth-order valence-electron chi connectivity index (χ4n) is 6.26. The molecule has 0 amide bonds. The van der Waals surface area contributed by atoms with E-state index in [4.69, 9.17) is 18.9 Å². The third kappa shape index (κ3) is 25.3. The van der Waals surface area contributed by atoms with E-state index >= 15 is 0 Å². The molecule has 1 aliphatic rings. The molecule has 1 rings (SSSR count). The van der Waals surface area contributed by atoms with Crippen LogP contribution in [0.2, 0.25) is 0 Å². The lowest BCUT2D eigenvalue weighted by molar-refractivity contribution is -0.297. The smallest absolute Gasteiger partial charge is 0.306 e. The lowest BCUT2D eigenvalue weighted by Crippen LogP contribution is -2.60. The summed E-state index contributed by atoms with van der Waals surface area (Å²) in [5.41, 5.74) is 0. The summed E-state index contributed by atoms with van der Waals surface area (Å²) >= 11 is 0. The molecule has 12 nitrogen and oxygen atoms in total. The zero-order valence-corrected chi connectivity index (χ0v) is 32.5. The molecule has 302 valence electrons. The first-order valence-corrected chi connectivity index (χ1v) is 21.7. The van der Waals surface area contributed by atoms with E-state index in [0.717, 1.165) is 38.5 Å². The van der Waals surface area contributed by atoms with Gasteiger partial charge in [-0.15, -0.1) is 0 Å². The summed E-state index contributed by atoms with van der Waals surface area (Å²) < 4.78 is 53.8. The van der Waals surface area contributed by atoms with Gasteiger partial charge in [0.05, 0.1) is 6.61 Å². The van der Waals surface area contributed by atoms with Crippen molar-refractivity contribution < 1.29 is 56.8 Å². The van der Waals surface area contributed by atoms with Crippen molar-refractivity contribution in [3.63, 3.8) is 0 Å². The topological polar surface area (TPSA) is 186 Å². The van der Waals surface area contributed by atoms with Crippen LogP contribution < -0.4 is 0 Å². The van der Waals surface area contributed by atoms with Crippen LogP contribution in [0.15, 0.2) is 0 Å². The quantitative estimate of drug-likeness (QED) is 0.0308. The summed E-state index contributed by atoms with van der Waals surface area (Å²) in [6.45, 7) is 3.72. The summed E-state index contributed by atoms with van der Waals surface area (Å²) in [4.78, 5) is 25.2. The number of unbranched alkanes of at least 4 members (excludes halogenated alkanes) is 21. The lowest BCUT2D eigenvalue weighted by Gasteiger charge is -2.40. The Bertz CT molecular complexity index is 978. The van der Waals surface area contributed by atoms with E-state index in [1.807, 2.05) is 0 Å². The monoisotopic (exact) mass is 752 g/mol. The maximum absolute atomic E-state index is 12.7. The van der Waals surface area contributed by atoms with E-state index in [2.05, 4.69) is 13.8 Å². The summed E-state index contributed by atoms with van der Waals surface area (Å²) in [6, 6.07) is 0. The molecule has 0 spiro atoms. The molecule has 4 N–H and O–H groups in total. The molecule has 51 heavy (non-hydrogen) atoms. The maximum Gasteiger partial charge on any atom is 0.306 e. The van der Waals surface area contributed by atoms with Gasteiger partial charge in [0.15, 0.2) is 12.4 Å². The van der Waals surface area contributed by atoms with Gasteiger partial charge in [-0.3, -0.25) is 14.1 Å². The Morgan fingerprint density at radius 3 is 1.43 bits per heavy atom. The second kappa shape index (κ2) is 30.0. The number of aliphatic hydroxyl groups is 3. The molecule has 0 bridgehead atoms. The van der Waals surface area contributed by atoms with E-state index < -0.39 is 71.2 Å². The Balaban J connectivity index is 2.49. The number of hydrogen-bond donors (Lipinski definition) is 4. The number of esters is 2. The molecule has 13 heteroatoms. The largest absolute Gasteiger partial charge is 0.462 e. The van der Waals surface area contributed by atoms with E-state index in [1.54, 1.807) is 0 Å². The number of ether oxygens (including phenoxy) is 4. The molecular formula is C38H72O12S. The van der Waals surface area contributed by atoms with Crippen molar-refractivity contribution in [1.29, 1.82) is 0 Å². The van der Waals surface area contributed by atoms with Crippen LogP contribution in [0.25, 0.3) is 0 Å². The van der Waals surface area contributed by atoms with Gasteiger partial charge in [-0.05, 0) is 12.8 Å². The van der Waals surface area contributed by atoms with Gasteiger partial charge in [0.1, 0.15) is 36.8 Å². The van der Waals surface area contributed by atoms with Crippen molar-refractivity contribution in [2.45, 2.75) is 211 Å². The molecule has 0 aromatic heterocycles. The highest BCUT2D eigenvalue weighted by molar-refractivity contribution is 7.85. The van der Waals surface area contributed by atoms with Gasteiger partial charge in [-0.25, -0.2) is 0 Å². The minimum Gasteiger partial charge on any atom is -0.462 e. The Morgan fingerprint density at radius 1 is 0.588 bits per heavy atom. The second-order valence-corrected chi connectivity index (χ2v) is 15.8. The molecule has 1 aliphatic heterocycles. The van der Waals surface area contributed by atoms with Crippen LogP contribution >= 0.6 is 0 Å². The van der Waals surface area contributed by atoms with Crippen LogP contribution in [0, 0.1) is 0 Å². The van der Waals surface area contributed by atoms with E-state index in [1.165, 1.54) is 96.3 Å². The molecule has 6 atom stereocenters. The van der Waals surface area contributed by atoms with Gasteiger partial charge in [0.25, 0.3) is 10.1 Å². The highest BCUT2D eigenvalue weighted by atomic mass is 32.2. The Morgan fingerprint density at radius 2 is 1.00 bits per heavy atom. The summed E-state index contributed by atoms with van der Waals surface area (Å²) in [5.74, 6) is -1.97. The molecule has 0 aromatic rings. The highest BCUT2D eigenvalue weighted by Gasteiger charge is 2.46. The van der Waals surface area contributed by atoms with Crippen molar-refractivity contribution >= 4 is 22.1 Å². The predicted octanol–water partition coefficient (Wildman–Crippen LogP) is 6.95. The standard InChI is InChI=1S/C38H72O12S/c1-3-5-7-9-11-13-14-15-16-17-19-21-23-25-27-34(40)49-31(28-47-33(39)26-24-22-20-18-12-10-8-6-4-2)29-48-38-37(43)36(42)35(41)32(50-38)30-51(44,45)46/h31-32,35-38,41-43H,3-30H2,1-2H3,(H,44,45,46). The average Bonchev–Trinajstić information content (AvgIpc) is 3.09. The fraction of sp³-hybridized carbons (Fsp3) is 0.947. The third-order valence-corrected chi connectivity index (χ3v) is 10.2. The number of carbonyl (C=O) groups is 2. The Labute approximate surface area is 308 Å². The Hall–Kier alpha value is -1.35. The van der Waals surface area contributed by atoms with Crippen LogP contribution in [-0.4, -0.2) is 96.0 Å². The minimum atomic E-state index is -4.59. The average molecular weight is 753 g/mol. The van der Waals surface area contributed by atoms with Gasteiger partial charge < -0.3 is 34.3 Å². The predicted molar refractivity (Wildman–Crippen MR) is 197 cm³/mol. The zero-order valence-electron chi connectivity index (χ0n) is 31.7. The number of rotatable bonds is 33. The van der Waals surface area contributed by atoms with Gasteiger partial charge in [0.2, 0.25) is 0 Å². The Kier molecular flexibility index (Phi) is 28.1. The van der Waals surface area contributed by atoms with Crippen molar-refractivity contribution in [3.05, 3.63) is 0 Å². The van der Waals surface area contributed by atoms with E-state index in [0.29, 0.717) is 12.8 Å². The fourth-order valence-corrected chi connectivity index (χ4v) is 6.96. The summed E-state index contributed by atoms with van der Waals surface area (Å²) in [7, 11) is -4.59. The van der Waals surface area contributed by atoms with Crippen LogP contribution in [0.3, 0.4) is 0 Å². The molecule has 6 unspecified atom stereocenters.